The molecule has 0 saturated carbocycles. The number of aromatic nitrogens is 3. The Kier molecular flexibility index (Phi) is 5.28. The minimum atomic E-state index is -0.338. The quantitative estimate of drug-likeness (QED) is 0.502. The van der Waals surface area contributed by atoms with Crippen LogP contribution < -0.4 is 19.5 Å². The molecule has 1 amide bonds. The number of ether oxygens (including phenoxy) is 3. The van der Waals surface area contributed by atoms with E-state index in [4.69, 9.17) is 14.2 Å². The minimum Gasteiger partial charge on any atom is -0.497 e. The Balaban J connectivity index is 1.70. The molecule has 0 radical (unpaired) electrons. The fourth-order valence-corrected chi connectivity index (χ4v) is 3.98. The first-order valence-electron chi connectivity index (χ1n) is 9.07. The van der Waals surface area contributed by atoms with Crippen LogP contribution in [0.5, 0.6) is 17.2 Å². The lowest BCUT2D eigenvalue weighted by Gasteiger charge is -2.11. The summed E-state index contributed by atoms with van der Waals surface area (Å²) in [6.07, 6.45) is 0. The molecule has 0 saturated heterocycles. The van der Waals surface area contributed by atoms with Crippen molar-refractivity contribution in [2.45, 2.75) is 6.92 Å². The van der Waals surface area contributed by atoms with E-state index in [2.05, 4.69) is 15.4 Å². The smallest absolute Gasteiger partial charge is 0.260 e. The SMILES string of the molecule is COc1ccc(OC)c(C(=O)Nc2cc(C)nn2-c2nc3ccc(OC)cc3s2)c1. The monoisotopic (exact) mass is 424 g/mol. The minimum absolute atomic E-state index is 0.338. The summed E-state index contributed by atoms with van der Waals surface area (Å²) in [6.45, 7) is 1.86. The standard InChI is InChI=1S/C21H20N4O4S/c1-12-9-19(23-20(26)15-10-13(27-2)6-8-17(15)29-4)25(24-12)21-22-16-7-5-14(28-3)11-18(16)30-21/h5-11H,1-4H3,(H,23,26). The van der Waals surface area contributed by atoms with E-state index in [0.29, 0.717) is 28.0 Å². The number of hydrogen-bond donors (Lipinski definition) is 1. The number of aryl methyl sites for hydroxylation is 1. The first kappa shape index (κ1) is 19.7. The van der Waals surface area contributed by atoms with Crippen LogP contribution in [0, 0.1) is 6.92 Å². The van der Waals surface area contributed by atoms with Gasteiger partial charge in [0.25, 0.3) is 5.91 Å². The number of thiazole rings is 1. The molecule has 0 aliphatic carbocycles. The molecule has 0 bridgehead atoms. The van der Waals surface area contributed by atoms with E-state index in [1.165, 1.54) is 18.4 Å². The summed E-state index contributed by atoms with van der Waals surface area (Å²) in [5, 5.41) is 8.05. The molecule has 9 heteroatoms. The molecular weight excluding hydrogens is 404 g/mol. The van der Waals surface area contributed by atoms with E-state index in [-0.39, 0.29) is 5.91 Å². The summed E-state index contributed by atoms with van der Waals surface area (Å²) >= 11 is 1.46. The third kappa shape index (κ3) is 3.67. The highest BCUT2D eigenvalue weighted by atomic mass is 32.1. The number of benzene rings is 2. The molecule has 8 nitrogen and oxygen atoms in total. The van der Waals surface area contributed by atoms with Crippen molar-refractivity contribution in [1.29, 1.82) is 0 Å². The summed E-state index contributed by atoms with van der Waals surface area (Å²) in [5.74, 6) is 1.94. The highest BCUT2D eigenvalue weighted by molar-refractivity contribution is 7.20. The zero-order valence-electron chi connectivity index (χ0n) is 16.9. The number of hydrogen-bond acceptors (Lipinski definition) is 7. The van der Waals surface area contributed by atoms with Crippen molar-refractivity contribution >= 4 is 33.3 Å². The van der Waals surface area contributed by atoms with Crippen LogP contribution in [-0.4, -0.2) is 42.0 Å². The predicted molar refractivity (Wildman–Crippen MR) is 116 cm³/mol. The second-order valence-electron chi connectivity index (χ2n) is 6.43. The highest BCUT2D eigenvalue weighted by Crippen LogP contribution is 2.31. The maximum absolute atomic E-state index is 13.0. The van der Waals surface area contributed by atoms with Gasteiger partial charge in [-0.25, -0.2) is 4.98 Å². The lowest BCUT2D eigenvalue weighted by Crippen LogP contribution is -2.16. The Labute approximate surface area is 177 Å². The number of carbonyl (C=O) groups excluding carboxylic acids is 1. The van der Waals surface area contributed by atoms with E-state index < -0.39 is 0 Å². The Bertz CT molecular complexity index is 1230. The Morgan fingerprint density at radius 1 is 1.00 bits per heavy atom. The average Bonchev–Trinajstić information content (AvgIpc) is 3.35. The van der Waals surface area contributed by atoms with Crippen molar-refractivity contribution in [3.8, 4) is 22.4 Å². The molecular formula is C21H20N4O4S. The summed E-state index contributed by atoms with van der Waals surface area (Å²) < 4.78 is 18.4. The molecule has 0 aliphatic heterocycles. The number of fused-ring (bicyclic) bond motifs is 1. The molecule has 2 heterocycles. The van der Waals surface area contributed by atoms with Crippen LogP contribution in [0.1, 0.15) is 16.1 Å². The van der Waals surface area contributed by atoms with Gasteiger partial charge in [0, 0.05) is 6.07 Å². The van der Waals surface area contributed by atoms with Gasteiger partial charge in [0.05, 0.1) is 42.8 Å². The number of nitrogens with one attached hydrogen (secondary N) is 1. The molecule has 4 aromatic rings. The lowest BCUT2D eigenvalue weighted by atomic mass is 10.1. The third-order valence-electron chi connectivity index (χ3n) is 4.49. The summed E-state index contributed by atoms with van der Waals surface area (Å²) in [6, 6.07) is 12.5. The van der Waals surface area contributed by atoms with Crippen molar-refractivity contribution in [2.24, 2.45) is 0 Å². The molecule has 0 unspecified atom stereocenters. The topological polar surface area (TPSA) is 87.5 Å². The van der Waals surface area contributed by atoms with Gasteiger partial charge in [0.2, 0.25) is 5.13 Å². The van der Waals surface area contributed by atoms with Crippen LogP contribution in [0.15, 0.2) is 42.5 Å². The Morgan fingerprint density at radius 2 is 1.73 bits per heavy atom. The molecule has 4 rings (SSSR count). The fraction of sp³-hybridized carbons (Fsp3) is 0.190. The number of rotatable bonds is 6. The van der Waals surface area contributed by atoms with E-state index >= 15 is 0 Å². The molecule has 154 valence electrons. The van der Waals surface area contributed by atoms with Crippen molar-refractivity contribution in [1.82, 2.24) is 14.8 Å². The van der Waals surface area contributed by atoms with Gasteiger partial charge in [-0.15, -0.1) is 0 Å². The number of nitrogens with zero attached hydrogens (tertiary/aromatic N) is 3. The molecule has 2 aromatic heterocycles. The molecule has 2 aromatic carbocycles. The molecule has 1 N–H and O–H groups in total. The van der Waals surface area contributed by atoms with E-state index in [1.807, 2.05) is 25.1 Å². The largest absolute Gasteiger partial charge is 0.497 e. The maximum atomic E-state index is 13.0. The summed E-state index contributed by atoms with van der Waals surface area (Å²) in [5.41, 5.74) is 1.94. The van der Waals surface area contributed by atoms with Crippen LogP contribution in [-0.2, 0) is 0 Å². The maximum Gasteiger partial charge on any atom is 0.260 e. The number of methoxy groups -OCH3 is 3. The molecule has 0 atom stereocenters. The van der Waals surface area contributed by atoms with Gasteiger partial charge in [-0.2, -0.15) is 9.78 Å². The van der Waals surface area contributed by atoms with Crippen molar-refractivity contribution in [2.75, 3.05) is 26.6 Å². The predicted octanol–water partition coefficient (Wildman–Crippen LogP) is 4.07. The third-order valence-corrected chi connectivity index (χ3v) is 5.48. The van der Waals surface area contributed by atoms with Gasteiger partial charge < -0.3 is 19.5 Å². The van der Waals surface area contributed by atoms with Crippen molar-refractivity contribution < 1.29 is 19.0 Å². The van der Waals surface area contributed by atoms with Crippen LogP contribution in [0.25, 0.3) is 15.3 Å². The summed E-state index contributed by atoms with van der Waals surface area (Å²) in [4.78, 5) is 17.6. The van der Waals surface area contributed by atoms with Crippen molar-refractivity contribution in [3.63, 3.8) is 0 Å². The van der Waals surface area contributed by atoms with Gasteiger partial charge in [-0.1, -0.05) is 11.3 Å². The van der Waals surface area contributed by atoms with E-state index in [0.717, 1.165) is 21.7 Å². The number of anilines is 1. The Hall–Kier alpha value is -3.59. The van der Waals surface area contributed by atoms with Gasteiger partial charge in [0.15, 0.2) is 0 Å². The molecule has 30 heavy (non-hydrogen) atoms. The number of amides is 1. The van der Waals surface area contributed by atoms with Gasteiger partial charge in [-0.05, 0) is 43.3 Å². The molecule has 0 fully saturated rings. The van der Waals surface area contributed by atoms with Gasteiger partial charge >= 0.3 is 0 Å². The summed E-state index contributed by atoms with van der Waals surface area (Å²) in [7, 11) is 4.69. The highest BCUT2D eigenvalue weighted by Gasteiger charge is 2.18. The average molecular weight is 424 g/mol. The fourth-order valence-electron chi connectivity index (χ4n) is 3.02. The van der Waals surface area contributed by atoms with Crippen LogP contribution in [0.4, 0.5) is 5.82 Å². The van der Waals surface area contributed by atoms with Gasteiger partial charge in [0.1, 0.15) is 23.1 Å². The molecule has 0 aliphatic rings. The lowest BCUT2D eigenvalue weighted by molar-refractivity contribution is 0.102. The second kappa shape index (κ2) is 8.03. The number of carbonyl (C=O) groups is 1. The van der Waals surface area contributed by atoms with Crippen LogP contribution in [0.3, 0.4) is 0 Å². The molecule has 0 spiro atoms. The zero-order valence-corrected chi connectivity index (χ0v) is 17.7. The first-order chi connectivity index (χ1) is 14.5. The normalized spacial score (nSPS) is 10.8. The van der Waals surface area contributed by atoms with Crippen LogP contribution in [0.2, 0.25) is 0 Å². The Morgan fingerprint density at radius 3 is 2.47 bits per heavy atom. The van der Waals surface area contributed by atoms with Crippen molar-refractivity contribution in [3.05, 3.63) is 53.7 Å². The van der Waals surface area contributed by atoms with E-state index in [9.17, 15) is 4.79 Å². The van der Waals surface area contributed by atoms with E-state index in [1.54, 1.807) is 43.2 Å². The van der Waals surface area contributed by atoms with Crippen LogP contribution >= 0.6 is 11.3 Å². The first-order valence-corrected chi connectivity index (χ1v) is 9.89. The van der Waals surface area contributed by atoms with Gasteiger partial charge in [-0.3, -0.25) is 4.79 Å². The zero-order chi connectivity index (χ0) is 21.3. The second-order valence-corrected chi connectivity index (χ2v) is 7.44.